The van der Waals surface area contributed by atoms with Gasteiger partial charge in [-0.1, -0.05) is 0 Å². The van der Waals surface area contributed by atoms with Crippen molar-refractivity contribution >= 4 is 41.5 Å². The zero-order chi connectivity index (χ0) is 39.2. The van der Waals surface area contributed by atoms with Crippen LogP contribution in [0.15, 0.2) is 16.0 Å². The van der Waals surface area contributed by atoms with Crippen molar-refractivity contribution < 1.29 is 53.2 Å². The maximum atomic E-state index is 15.1. The number of nitrogens with zero attached hydrogens (tertiary/aromatic N) is 3. The lowest BCUT2D eigenvalue weighted by atomic mass is 10.1. The Labute approximate surface area is 298 Å². The lowest BCUT2D eigenvalue weighted by molar-refractivity contribution is -0.129. The van der Waals surface area contributed by atoms with E-state index in [1.54, 1.807) is 20.8 Å². The average molecular weight is 745 g/mol. The van der Waals surface area contributed by atoms with Crippen LogP contribution in [0.1, 0.15) is 66.0 Å². The van der Waals surface area contributed by atoms with Gasteiger partial charge in [0.1, 0.15) is 36.0 Å². The van der Waals surface area contributed by atoms with Crippen molar-refractivity contribution in [2.75, 3.05) is 31.6 Å². The molecule has 2 rings (SSSR count). The average Bonchev–Trinajstić information content (AvgIpc) is 3.33. The van der Waals surface area contributed by atoms with Crippen LogP contribution >= 0.6 is 0 Å². The molecule has 0 saturated carbocycles. The number of aromatic nitrogens is 2. The summed E-state index contributed by atoms with van der Waals surface area (Å²) in [6.45, 7) is 5.28. The van der Waals surface area contributed by atoms with E-state index in [2.05, 4.69) is 36.6 Å². The molecule has 6 unspecified atom stereocenters. The molecule has 1 aromatic rings. The van der Waals surface area contributed by atoms with Crippen LogP contribution in [0.25, 0.3) is 0 Å². The lowest BCUT2D eigenvalue weighted by Gasteiger charge is -2.23. The zero-order valence-electron chi connectivity index (χ0n) is 29.4. The first-order valence-corrected chi connectivity index (χ1v) is 16.4. The Hall–Kier alpha value is -4.93. The molecule has 5 amide bonds. The fourth-order valence-electron chi connectivity index (χ4n) is 4.79. The van der Waals surface area contributed by atoms with E-state index in [-0.39, 0.29) is 50.6 Å². The Kier molecular flexibility index (Phi) is 16.8. The van der Waals surface area contributed by atoms with E-state index in [9.17, 15) is 44.1 Å². The Bertz CT molecular complexity index is 1500. The van der Waals surface area contributed by atoms with Crippen LogP contribution in [0.3, 0.4) is 0 Å². The zero-order valence-corrected chi connectivity index (χ0v) is 29.4. The minimum absolute atomic E-state index is 0.0278. The number of alkyl carbamates (subject to hydrolysis) is 1. The van der Waals surface area contributed by atoms with Crippen LogP contribution in [0.5, 0.6) is 0 Å². The van der Waals surface area contributed by atoms with Gasteiger partial charge in [0.05, 0.1) is 19.3 Å². The quantitative estimate of drug-likeness (QED) is 0.0402. The summed E-state index contributed by atoms with van der Waals surface area (Å²) in [6, 6.07) is -2.50. The molecule has 12 N–H and O–H groups in total. The summed E-state index contributed by atoms with van der Waals surface area (Å²) < 4.78 is 26.1. The molecule has 1 aliphatic heterocycles. The second-order valence-corrected chi connectivity index (χ2v) is 12.8. The predicted molar refractivity (Wildman–Crippen MR) is 181 cm³/mol. The van der Waals surface area contributed by atoms with Crippen LogP contribution in [-0.4, -0.2) is 123 Å². The van der Waals surface area contributed by atoms with Gasteiger partial charge >= 0.3 is 11.8 Å². The first-order chi connectivity index (χ1) is 24.3. The molecule has 1 fully saturated rings. The van der Waals surface area contributed by atoms with Gasteiger partial charge in [0, 0.05) is 20.0 Å². The Balaban J connectivity index is 2.15. The number of aliphatic hydroxyl groups is 3. The summed E-state index contributed by atoms with van der Waals surface area (Å²) in [4.78, 5) is 82.8. The van der Waals surface area contributed by atoms with E-state index in [1.165, 1.54) is 6.92 Å². The Morgan fingerprint density at radius 3 is 2.29 bits per heavy atom. The summed E-state index contributed by atoms with van der Waals surface area (Å²) >= 11 is 0. The van der Waals surface area contributed by atoms with Gasteiger partial charge in [-0.15, -0.1) is 0 Å². The number of guanidine groups is 1. The molecule has 1 saturated heterocycles. The monoisotopic (exact) mass is 744 g/mol. The van der Waals surface area contributed by atoms with Gasteiger partial charge in [-0.2, -0.15) is 4.98 Å². The minimum Gasteiger partial charge on any atom is -0.444 e. The molecule has 52 heavy (non-hydrogen) atoms. The number of hydrogen-bond donors (Lipinski definition) is 10. The third-order valence-electron chi connectivity index (χ3n) is 7.26. The number of hydrogen-bond acceptors (Lipinski definition) is 13. The highest BCUT2D eigenvalue weighted by molar-refractivity contribution is 5.97. The number of rotatable bonds is 18. The van der Waals surface area contributed by atoms with E-state index in [1.807, 2.05) is 0 Å². The largest absolute Gasteiger partial charge is 0.444 e. The van der Waals surface area contributed by atoms with Crippen molar-refractivity contribution in [3.8, 4) is 0 Å². The van der Waals surface area contributed by atoms with E-state index in [0.717, 1.165) is 0 Å². The molecule has 0 aromatic carbocycles. The van der Waals surface area contributed by atoms with Gasteiger partial charge in [0.2, 0.25) is 23.6 Å². The lowest BCUT2D eigenvalue weighted by Crippen LogP contribution is -2.52. The molecule has 292 valence electrons. The van der Waals surface area contributed by atoms with Crippen molar-refractivity contribution in [2.45, 2.75) is 102 Å². The normalized spacial score (nSPS) is 19.5. The van der Waals surface area contributed by atoms with Crippen molar-refractivity contribution in [1.82, 2.24) is 30.8 Å². The fraction of sp³-hybridized carbons (Fsp3) is 0.667. The van der Waals surface area contributed by atoms with Gasteiger partial charge in [-0.25, -0.2) is 14.0 Å². The molecule has 6 atom stereocenters. The number of aliphatic imine (C=N–C) groups is 1. The maximum Gasteiger partial charge on any atom is 0.408 e. The number of aliphatic hydroxyl groups excluding tert-OH is 3. The van der Waals surface area contributed by atoms with Crippen LogP contribution in [0.4, 0.5) is 15.0 Å². The standard InChI is InChI=1S/C30H49FN10O11/c1-15(43)34-10-6-5-8-18(25(48)39-23-16(31)13-41(28(49)40-23)26-22(46)21(45)19(14-42)51-26)37-20(44)12-36-24(47)17(9-7-11-35-27(32)33)38-29(50)52-30(2,3)4/h13,17-19,21-22,26,42,45-46H,5-12,14H2,1-4H3,(H,34,43)(H,36,47)(H,37,44)(H,38,50)(H4,32,33,35)(H,39,40,48,49). The summed E-state index contributed by atoms with van der Waals surface area (Å²) in [6.07, 6.45) is -5.45. The Morgan fingerprint density at radius 2 is 1.69 bits per heavy atom. The second-order valence-electron chi connectivity index (χ2n) is 12.8. The molecule has 21 nitrogen and oxygen atoms in total. The van der Waals surface area contributed by atoms with Crippen LogP contribution in [0.2, 0.25) is 0 Å². The molecular formula is C30H49FN10O11. The van der Waals surface area contributed by atoms with Crippen molar-refractivity contribution in [3.63, 3.8) is 0 Å². The third kappa shape index (κ3) is 14.4. The van der Waals surface area contributed by atoms with E-state index in [4.69, 9.17) is 20.9 Å². The molecule has 0 aliphatic carbocycles. The SMILES string of the molecule is CC(=O)NCCCCC(NC(=O)CNC(=O)C(CCCN=C(N)N)NC(=O)OC(C)(C)C)C(=O)Nc1nc(=O)n(C2OC(CO)C(O)C2O)cc1F. The summed E-state index contributed by atoms with van der Waals surface area (Å²) in [5.74, 6) is -5.09. The van der Waals surface area contributed by atoms with Crippen molar-refractivity contribution in [2.24, 2.45) is 16.5 Å². The molecule has 0 radical (unpaired) electrons. The van der Waals surface area contributed by atoms with E-state index < -0.39 is 96.5 Å². The predicted octanol–water partition coefficient (Wildman–Crippen LogP) is -3.21. The third-order valence-corrected chi connectivity index (χ3v) is 7.26. The smallest absolute Gasteiger partial charge is 0.408 e. The molecule has 0 bridgehead atoms. The Morgan fingerprint density at radius 1 is 1.04 bits per heavy atom. The summed E-state index contributed by atoms with van der Waals surface area (Å²) in [7, 11) is 0. The number of carbonyl (C=O) groups excluding carboxylic acids is 5. The maximum absolute atomic E-state index is 15.1. The van der Waals surface area contributed by atoms with Crippen molar-refractivity contribution in [1.29, 1.82) is 0 Å². The molecule has 22 heteroatoms. The van der Waals surface area contributed by atoms with Crippen LogP contribution in [0, 0.1) is 5.82 Å². The minimum atomic E-state index is -1.71. The first-order valence-electron chi connectivity index (χ1n) is 16.4. The highest BCUT2D eigenvalue weighted by Crippen LogP contribution is 2.28. The number of ether oxygens (including phenoxy) is 2. The summed E-state index contributed by atoms with van der Waals surface area (Å²) in [5, 5.41) is 41.5. The van der Waals surface area contributed by atoms with Crippen LogP contribution in [-0.2, 0) is 28.7 Å². The number of carbonyl (C=O) groups is 5. The number of amides is 5. The molecule has 0 spiro atoms. The highest BCUT2D eigenvalue weighted by atomic mass is 19.1. The van der Waals surface area contributed by atoms with Gasteiger partial charge in [-0.3, -0.25) is 28.7 Å². The number of nitrogens with two attached hydrogens (primary N) is 2. The molecule has 2 heterocycles. The first kappa shape index (κ1) is 43.2. The highest BCUT2D eigenvalue weighted by Gasteiger charge is 2.44. The molecule has 1 aromatic heterocycles. The van der Waals surface area contributed by atoms with Gasteiger partial charge < -0.3 is 62.8 Å². The summed E-state index contributed by atoms with van der Waals surface area (Å²) in [5.41, 5.74) is 8.61. The van der Waals surface area contributed by atoms with Gasteiger partial charge in [0.25, 0.3) is 0 Å². The fourth-order valence-corrected chi connectivity index (χ4v) is 4.79. The van der Waals surface area contributed by atoms with Gasteiger partial charge in [0.15, 0.2) is 23.8 Å². The number of unbranched alkanes of at least 4 members (excludes halogenated alkanes) is 1. The molecule has 1 aliphatic rings. The second kappa shape index (κ2) is 20.2. The van der Waals surface area contributed by atoms with E-state index in [0.29, 0.717) is 17.2 Å². The number of anilines is 1. The van der Waals surface area contributed by atoms with Crippen molar-refractivity contribution in [3.05, 3.63) is 22.5 Å². The molecular weight excluding hydrogens is 695 g/mol. The van der Waals surface area contributed by atoms with Crippen LogP contribution < -0.4 is 43.7 Å². The topological polar surface area (TPSA) is 324 Å². The number of halogens is 1. The van der Waals surface area contributed by atoms with E-state index >= 15 is 4.39 Å². The van der Waals surface area contributed by atoms with Gasteiger partial charge in [-0.05, 0) is 52.9 Å². The number of nitrogens with one attached hydrogen (secondary N) is 5.